The summed E-state index contributed by atoms with van der Waals surface area (Å²) in [7, 11) is 0. The highest BCUT2D eigenvalue weighted by Gasteiger charge is 2.43. The van der Waals surface area contributed by atoms with Gasteiger partial charge in [0, 0.05) is 35.4 Å². The first-order valence-corrected chi connectivity index (χ1v) is 12.3. The van der Waals surface area contributed by atoms with Crippen molar-refractivity contribution in [3.05, 3.63) is 58.7 Å². The summed E-state index contributed by atoms with van der Waals surface area (Å²) >= 11 is 6.15. The maximum Gasteiger partial charge on any atom is 0.253 e. The number of carbonyl (C=O) groups excluding carboxylic acids is 2. The van der Waals surface area contributed by atoms with Crippen LogP contribution in [0, 0.1) is 0 Å². The second-order valence-electron chi connectivity index (χ2n) is 10.2. The standard InChI is InChI=1S/C26H31ClN4O2/c1-26(2,17-4-3-5-18(27)12-17)25(33)30-20-13-21-9-10-22(14-20)31(21)23-11-6-16(15-28-23)24(32)29-19-7-8-19/h3-6,11-12,15,19-22H,7-10,13-14H2,1-2H3,(H,29,32)(H,30,33)/t20-,21+,22-. The van der Waals surface area contributed by atoms with Crippen molar-refractivity contribution in [1.29, 1.82) is 0 Å². The van der Waals surface area contributed by atoms with Crippen molar-refractivity contribution in [2.24, 2.45) is 0 Å². The van der Waals surface area contributed by atoms with Gasteiger partial charge >= 0.3 is 0 Å². The van der Waals surface area contributed by atoms with Crippen LogP contribution in [0.3, 0.4) is 0 Å². The Morgan fingerprint density at radius 3 is 2.33 bits per heavy atom. The van der Waals surface area contributed by atoms with Crippen LogP contribution in [0.1, 0.15) is 68.3 Å². The van der Waals surface area contributed by atoms with E-state index in [0.717, 1.165) is 49.9 Å². The number of hydrogen-bond donors (Lipinski definition) is 2. The van der Waals surface area contributed by atoms with Gasteiger partial charge in [-0.25, -0.2) is 4.98 Å². The van der Waals surface area contributed by atoms with Crippen LogP contribution in [0.15, 0.2) is 42.6 Å². The molecule has 6 nitrogen and oxygen atoms in total. The number of aromatic nitrogens is 1. The molecule has 0 spiro atoms. The molecule has 2 saturated heterocycles. The third kappa shape index (κ3) is 4.58. The van der Waals surface area contributed by atoms with E-state index >= 15 is 0 Å². The molecule has 1 aromatic heterocycles. The molecule has 5 rings (SSSR count). The molecule has 7 heteroatoms. The number of anilines is 1. The topological polar surface area (TPSA) is 74.3 Å². The van der Waals surface area contributed by atoms with E-state index < -0.39 is 5.41 Å². The van der Waals surface area contributed by atoms with Crippen molar-refractivity contribution in [1.82, 2.24) is 15.6 Å². The van der Waals surface area contributed by atoms with E-state index in [1.807, 2.05) is 50.2 Å². The Balaban J connectivity index is 1.23. The molecule has 3 atom stereocenters. The summed E-state index contributed by atoms with van der Waals surface area (Å²) in [5.41, 5.74) is 0.880. The van der Waals surface area contributed by atoms with Gasteiger partial charge in [0.25, 0.3) is 5.91 Å². The van der Waals surface area contributed by atoms with E-state index in [-0.39, 0.29) is 17.9 Å². The van der Waals surface area contributed by atoms with Crippen LogP contribution >= 0.6 is 11.6 Å². The Morgan fingerprint density at radius 1 is 1.00 bits per heavy atom. The number of halogens is 1. The van der Waals surface area contributed by atoms with Crippen molar-refractivity contribution >= 4 is 29.2 Å². The summed E-state index contributed by atoms with van der Waals surface area (Å²) in [4.78, 5) is 32.5. The third-order valence-corrected chi connectivity index (χ3v) is 7.60. The molecule has 1 aromatic carbocycles. The molecule has 174 valence electrons. The Bertz CT molecular complexity index is 1040. The summed E-state index contributed by atoms with van der Waals surface area (Å²) in [5.74, 6) is 0.921. The number of amides is 2. The lowest BCUT2D eigenvalue weighted by atomic mass is 9.83. The van der Waals surface area contributed by atoms with Crippen LogP contribution in [-0.4, -0.2) is 41.0 Å². The molecule has 2 amide bonds. The zero-order chi connectivity index (χ0) is 23.2. The average Bonchev–Trinajstić information content (AvgIpc) is 3.57. The fourth-order valence-electron chi connectivity index (χ4n) is 5.21. The Hall–Kier alpha value is -2.60. The lowest BCUT2D eigenvalue weighted by Gasteiger charge is -2.41. The van der Waals surface area contributed by atoms with E-state index in [9.17, 15) is 9.59 Å². The minimum absolute atomic E-state index is 0.0340. The Morgan fingerprint density at radius 2 is 1.73 bits per heavy atom. The second-order valence-corrected chi connectivity index (χ2v) is 10.7. The molecular weight excluding hydrogens is 436 g/mol. The maximum absolute atomic E-state index is 13.2. The summed E-state index contributed by atoms with van der Waals surface area (Å²) in [5, 5.41) is 6.97. The highest BCUT2D eigenvalue weighted by atomic mass is 35.5. The van der Waals surface area contributed by atoms with Crippen LogP contribution < -0.4 is 15.5 Å². The summed E-state index contributed by atoms with van der Waals surface area (Å²) in [6, 6.07) is 12.6. The van der Waals surface area contributed by atoms with Crippen LogP contribution in [0.25, 0.3) is 0 Å². The highest BCUT2D eigenvalue weighted by molar-refractivity contribution is 6.30. The first kappa shape index (κ1) is 22.2. The van der Waals surface area contributed by atoms with Crippen molar-refractivity contribution in [3.63, 3.8) is 0 Å². The Kier molecular flexibility index (Phi) is 5.81. The van der Waals surface area contributed by atoms with Crippen molar-refractivity contribution in [2.75, 3.05) is 4.90 Å². The van der Waals surface area contributed by atoms with Gasteiger partial charge in [-0.15, -0.1) is 0 Å². The molecule has 1 saturated carbocycles. The molecule has 2 N–H and O–H groups in total. The molecular formula is C26H31ClN4O2. The van der Waals surface area contributed by atoms with E-state index in [1.165, 1.54) is 0 Å². The van der Waals surface area contributed by atoms with Crippen molar-refractivity contribution in [2.45, 2.75) is 82.0 Å². The molecule has 2 aromatic rings. The Labute approximate surface area is 200 Å². The van der Waals surface area contributed by atoms with Crippen LogP contribution in [0.5, 0.6) is 0 Å². The number of fused-ring (bicyclic) bond motifs is 2. The predicted octanol–water partition coefficient (Wildman–Crippen LogP) is 4.22. The molecule has 2 bridgehead atoms. The number of nitrogens with one attached hydrogen (secondary N) is 2. The highest BCUT2D eigenvalue weighted by Crippen LogP contribution is 2.39. The SMILES string of the molecule is CC(C)(C(=O)N[C@H]1C[C@H]2CC[C@@H](C1)N2c1ccc(C(=O)NC2CC2)cn1)c1cccc(Cl)c1. The number of piperidine rings is 1. The van der Waals surface area contributed by atoms with Gasteiger partial charge in [-0.2, -0.15) is 0 Å². The predicted molar refractivity (Wildman–Crippen MR) is 130 cm³/mol. The van der Waals surface area contributed by atoms with Gasteiger partial charge < -0.3 is 15.5 Å². The average molecular weight is 467 g/mol. The quantitative estimate of drug-likeness (QED) is 0.668. The number of benzene rings is 1. The summed E-state index contributed by atoms with van der Waals surface area (Å²) in [6.07, 6.45) is 7.83. The fraction of sp³-hybridized carbons (Fsp3) is 0.500. The molecule has 3 aliphatic rings. The smallest absolute Gasteiger partial charge is 0.253 e. The maximum atomic E-state index is 13.2. The van der Waals surface area contributed by atoms with Crippen molar-refractivity contribution in [3.8, 4) is 0 Å². The molecule has 0 unspecified atom stereocenters. The zero-order valence-corrected chi connectivity index (χ0v) is 19.9. The first-order valence-electron chi connectivity index (χ1n) is 11.9. The van der Waals surface area contributed by atoms with E-state index in [1.54, 1.807) is 6.20 Å². The normalized spacial score (nSPS) is 24.5. The fourth-order valence-corrected chi connectivity index (χ4v) is 5.40. The van der Waals surface area contributed by atoms with Gasteiger partial charge in [0.05, 0.1) is 11.0 Å². The van der Waals surface area contributed by atoms with Gasteiger partial charge in [-0.3, -0.25) is 9.59 Å². The molecule has 1 aliphatic carbocycles. The van der Waals surface area contributed by atoms with Gasteiger partial charge in [-0.05, 0) is 82.2 Å². The lowest BCUT2D eigenvalue weighted by molar-refractivity contribution is -0.126. The molecule has 2 aliphatic heterocycles. The number of nitrogens with zero attached hydrogens (tertiary/aromatic N) is 2. The number of carbonyl (C=O) groups is 2. The molecule has 3 fully saturated rings. The monoisotopic (exact) mass is 466 g/mol. The summed E-state index contributed by atoms with van der Waals surface area (Å²) in [6.45, 7) is 3.89. The minimum atomic E-state index is -0.653. The van der Waals surface area contributed by atoms with Gasteiger partial charge in [-0.1, -0.05) is 23.7 Å². The second kappa shape index (κ2) is 8.64. The molecule has 33 heavy (non-hydrogen) atoms. The van der Waals surface area contributed by atoms with Gasteiger partial charge in [0.1, 0.15) is 5.82 Å². The van der Waals surface area contributed by atoms with Gasteiger partial charge in [0.15, 0.2) is 0 Å². The van der Waals surface area contributed by atoms with Crippen molar-refractivity contribution < 1.29 is 9.59 Å². The van der Waals surface area contributed by atoms with E-state index in [4.69, 9.17) is 11.6 Å². The first-order chi connectivity index (χ1) is 15.8. The summed E-state index contributed by atoms with van der Waals surface area (Å²) < 4.78 is 0. The van der Waals surface area contributed by atoms with Crippen LogP contribution in [-0.2, 0) is 10.2 Å². The number of hydrogen-bond acceptors (Lipinski definition) is 4. The zero-order valence-electron chi connectivity index (χ0n) is 19.2. The van der Waals surface area contributed by atoms with Crippen LogP contribution in [0.2, 0.25) is 5.02 Å². The van der Waals surface area contributed by atoms with Crippen LogP contribution in [0.4, 0.5) is 5.82 Å². The minimum Gasteiger partial charge on any atom is -0.352 e. The van der Waals surface area contributed by atoms with E-state index in [2.05, 4.69) is 20.5 Å². The van der Waals surface area contributed by atoms with Gasteiger partial charge in [0.2, 0.25) is 5.91 Å². The number of rotatable bonds is 6. The third-order valence-electron chi connectivity index (χ3n) is 7.37. The lowest BCUT2D eigenvalue weighted by Crippen LogP contribution is -2.53. The molecule has 0 radical (unpaired) electrons. The largest absolute Gasteiger partial charge is 0.352 e. The number of pyridine rings is 1. The molecule has 3 heterocycles. The van der Waals surface area contributed by atoms with E-state index in [0.29, 0.717) is 28.7 Å².